The maximum absolute atomic E-state index is 13.6. The first-order valence-corrected chi connectivity index (χ1v) is 13.6. The molecule has 3 aromatic carbocycles. The van der Waals surface area contributed by atoms with E-state index in [-0.39, 0.29) is 22.8 Å². The summed E-state index contributed by atoms with van der Waals surface area (Å²) in [5.74, 6) is 4.74. The van der Waals surface area contributed by atoms with E-state index in [9.17, 15) is 14.7 Å². The number of aryl methyl sites for hydroxylation is 1. The van der Waals surface area contributed by atoms with Crippen molar-refractivity contribution in [1.82, 2.24) is 4.90 Å². The van der Waals surface area contributed by atoms with E-state index in [1.54, 1.807) is 4.90 Å². The monoisotopic (exact) mass is 527 g/mol. The molecule has 1 amide bonds. The predicted molar refractivity (Wildman–Crippen MR) is 153 cm³/mol. The third-order valence-corrected chi connectivity index (χ3v) is 6.62. The van der Waals surface area contributed by atoms with Gasteiger partial charge in [0, 0.05) is 29.8 Å². The number of carbonyl (C=O) groups excluding carboxylic acids is 1. The molecule has 0 aliphatic carbocycles. The zero-order valence-corrected chi connectivity index (χ0v) is 22.8. The van der Waals surface area contributed by atoms with Crippen LogP contribution in [0.25, 0.3) is 0 Å². The van der Waals surface area contributed by atoms with Gasteiger partial charge in [-0.3, -0.25) is 4.79 Å². The third kappa shape index (κ3) is 8.73. The molecule has 0 heterocycles. The van der Waals surface area contributed by atoms with Crippen molar-refractivity contribution in [3.63, 3.8) is 0 Å². The largest absolute Gasteiger partial charge is 0.478 e. The van der Waals surface area contributed by atoms with E-state index >= 15 is 0 Å². The molecule has 0 fully saturated rings. The number of hydrogen-bond donors (Lipinski definition) is 2. The van der Waals surface area contributed by atoms with E-state index in [4.69, 9.17) is 5.26 Å². The molecule has 0 atom stereocenters. The average Bonchev–Trinajstić information content (AvgIpc) is 2.96. The minimum absolute atomic E-state index is 0.215. The number of carboxylic acids is 1. The van der Waals surface area contributed by atoms with Crippen molar-refractivity contribution in [2.45, 2.75) is 65.3 Å². The maximum Gasteiger partial charge on any atom is 0.339 e. The van der Waals surface area contributed by atoms with E-state index in [1.165, 1.54) is 36.6 Å². The summed E-state index contributed by atoms with van der Waals surface area (Å²) < 4.78 is 0. The van der Waals surface area contributed by atoms with Crippen molar-refractivity contribution in [1.29, 1.82) is 0 Å². The van der Waals surface area contributed by atoms with E-state index in [1.807, 2.05) is 36.4 Å². The Morgan fingerprint density at radius 3 is 2.31 bits per heavy atom. The second kappa shape index (κ2) is 15.4. The highest BCUT2D eigenvalue weighted by molar-refractivity contribution is 5.99. The fraction of sp³-hybridized carbons (Fsp3) is 0.333. The molecule has 0 aliphatic rings. The van der Waals surface area contributed by atoms with E-state index < -0.39 is 5.97 Å². The van der Waals surface area contributed by atoms with E-state index in [2.05, 4.69) is 42.7 Å². The van der Waals surface area contributed by atoms with Crippen molar-refractivity contribution >= 4 is 11.9 Å². The lowest BCUT2D eigenvalue weighted by molar-refractivity contribution is -0.138. The Morgan fingerprint density at radius 2 is 1.62 bits per heavy atom. The summed E-state index contributed by atoms with van der Waals surface area (Å²) in [7, 11) is 0. The van der Waals surface area contributed by atoms with Crippen molar-refractivity contribution < 1.29 is 24.8 Å². The number of unbranched alkanes of at least 4 members (excludes halogenated alkanes) is 4. The van der Waals surface area contributed by atoms with Gasteiger partial charge in [-0.25, -0.2) is 10.1 Å². The van der Waals surface area contributed by atoms with Crippen LogP contribution in [0.3, 0.4) is 0 Å². The first kappa shape index (κ1) is 29.5. The van der Waals surface area contributed by atoms with Crippen molar-refractivity contribution in [2.24, 2.45) is 0 Å². The fourth-order valence-corrected chi connectivity index (χ4v) is 4.34. The molecule has 0 unspecified atom stereocenters. The van der Waals surface area contributed by atoms with Crippen LogP contribution in [-0.4, -0.2) is 33.7 Å². The molecule has 3 aromatic rings. The Labute approximate surface area is 231 Å². The van der Waals surface area contributed by atoms with Gasteiger partial charge in [0.15, 0.2) is 5.75 Å². The molecule has 0 bridgehead atoms. The third-order valence-electron chi connectivity index (χ3n) is 6.62. The van der Waals surface area contributed by atoms with Crippen molar-refractivity contribution in [3.8, 4) is 17.6 Å². The summed E-state index contributed by atoms with van der Waals surface area (Å²) in [5.41, 5.74) is 3.95. The van der Waals surface area contributed by atoms with Gasteiger partial charge in [-0.05, 0) is 66.8 Å². The number of hydrogen-bond acceptors (Lipinski definition) is 4. The zero-order valence-electron chi connectivity index (χ0n) is 22.8. The van der Waals surface area contributed by atoms with Crippen LogP contribution in [0.15, 0.2) is 66.7 Å². The highest BCUT2D eigenvalue weighted by atomic mass is 17.1. The Bertz CT molecular complexity index is 1300. The molecular formula is C33H37NO5. The number of amides is 1. The normalized spacial score (nSPS) is 10.4. The van der Waals surface area contributed by atoms with Gasteiger partial charge in [0.25, 0.3) is 5.91 Å². The summed E-state index contributed by atoms with van der Waals surface area (Å²) in [6.45, 7) is 5.19. The summed E-state index contributed by atoms with van der Waals surface area (Å²) in [6, 6.07) is 20.1. The smallest absolute Gasteiger partial charge is 0.339 e. The zero-order chi connectivity index (χ0) is 28.0. The molecule has 204 valence electrons. The lowest BCUT2D eigenvalue weighted by Gasteiger charge is -2.24. The number of benzene rings is 3. The first-order valence-electron chi connectivity index (χ1n) is 13.6. The van der Waals surface area contributed by atoms with Crippen LogP contribution >= 0.6 is 0 Å². The summed E-state index contributed by atoms with van der Waals surface area (Å²) in [6.07, 6.45) is 7.39. The van der Waals surface area contributed by atoms with Gasteiger partial charge < -0.3 is 14.9 Å². The molecule has 2 N–H and O–H groups in total. The van der Waals surface area contributed by atoms with Gasteiger partial charge in [0.05, 0.1) is 0 Å². The highest BCUT2D eigenvalue weighted by Crippen LogP contribution is 2.22. The lowest BCUT2D eigenvalue weighted by atomic mass is 10.0. The van der Waals surface area contributed by atoms with Gasteiger partial charge >= 0.3 is 5.97 Å². The molecule has 0 saturated carbocycles. The maximum atomic E-state index is 13.6. The highest BCUT2D eigenvalue weighted by Gasteiger charge is 2.21. The fourth-order valence-electron chi connectivity index (χ4n) is 4.34. The average molecular weight is 528 g/mol. The summed E-state index contributed by atoms with van der Waals surface area (Å²) in [4.78, 5) is 31.1. The SMILES string of the molecule is CCCCCCN(Cc1ccccc1C#Cc1ccc(CCCC)cc1)C(=O)c1ccc(OO)c(C(=O)O)c1. The lowest BCUT2D eigenvalue weighted by Crippen LogP contribution is -2.32. The van der Waals surface area contributed by atoms with Gasteiger partial charge in [0.1, 0.15) is 5.56 Å². The second-order valence-electron chi connectivity index (χ2n) is 9.60. The molecule has 3 rings (SSSR count). The second-order valence-corrected chi connectivity index (χ2v) is 9.60. The quantitative estimate of drug-likeness (QED) is 0.106. The van der Waals surface area contributed by atoms with Crippen LogP contribution in [0, 0.1) is 11.8 Å². The predicted octanol–water partition coefficient (Wildman–Crippen LogP) is 7.20. The van der Waals surface area contributed by atoms with Gasteiger partial charge in [-0.15, -0.1) is 0 Å². The van der Waals surface area contributed by atoms with Gasteiger partial charge in [-0.1, -0.05) is 81.7 Å². The Morgan fingerprint density at radius 1 is 0.872 bits per heavy atom. The molecule has 6 heteroatoms. The Hall–Kier alpha value is -4.08. The Balaban J connectivity index is 1.86. The summed E-state index contributed by atoms with van der Waals surface area (Å²) in [5, 5.41) is 18.5. The van der Waals surface area contributed by atoms with Crippen LogP contribution in [0.4, 0.5) is 0 Å². The van der Waals surface area contributed by atoms with Crippen LogP contribution in [0.5, 0.6) is 5.75 Å². The molecule has 39 heavy (non-hydrogen) atoms. The molecule has 0 spiro atoms. The number of aromatic carboxylic acids is 1. The van der Waals surface area contributed by atoms with Crippen molar-refractivity contribution in [3.05, 3.63) is 100 Å². The number of nitrogens with zero attached hydrogens (tertiary/aromatic N) is 1. The molecular weight excluding hydrogens is 490 g/mol. The molecule has 0 aromatic heterocycles. The number of rotatable bonds is 13. The van der Waals surface area contributed by atoms with E-state index in [0.29, 0.717) is 13.1 Å². The van der Waals surface area contributed by atoms with Crippen LogP contribution in [0.2, 0.25) is 0 Å². The van der Waals surface area contributed by atoms with Crippen LogP contribution in [0.1, 0.15) is 95.3 Å². The van der Waals surface area contributed by atoms with Crippen LogP contribution < -0.4 is 4.89 Å². The van der Waals surface area contributed by atoms with Crippen LogP contribution in [-0.2, 0) is 13.0 Å². The number of carbonyl (C=O) groups is 2. The minimum Gasteiger partial charge on any atom is -0.478 e. The molecule has 0 aliphatic heterocycles. The standard InChI is InChI=1S/C33H37NO5/c1-3-5-7-10-22-34(32(35)28-20-21-31(39-38)30(23-28)33(36)37)24-29-13-9-8-12-27(29)19-18-26-16-14-25(15-17-26)11-6-4-2/h8-9,12-17,20-21,23,38H,3-7,10-11,22,24H2,1-2H3,(H,36,37). The topological polar surface area (TPSA) is 87.1 Å². The molecule has 6 nitrogen and oxygen atoms in total. The number of carboxylic acid groups (broad SMARTS) is 1. The van der Waals surface area contributed by atoms with Gasteiger partial charge in [-0.2, -0.15) is 0 Å². The minimum atomic E-state index is -1.29. The summed E-state index contributed by atoms with van der Waals surface area (Å²) >= 11 is 0. The van der Waals surface area contributed by atoms with Crippen molar-refractivity contribution in [2.75, 3.05) is 6.54 Å². The van der Waals surface area contributed by atoms with E-state index in [0.717, 1.165) is 48.8 Å². The molecule has 0 radical (unpaired) electrons. The Kier molecular flexibility index (Phi) is 11.6. The first-order chi connectivity index (χ1) is 19.0. The molecule has 0 saturated heterocycles. The van der Waals surface area contributed by atoms with Gasteiger partial charge in [0.2, 0.25) is 0 Å².